The van der Waals surface area contributed by atoms with Gasteiger partial charge in [-0.15, -0.1) is 0 Å². The summed E-state index contributed by atoms with van der Waals surface area (Å²) in [7, 11) is 1.51. The van der Waals surface area contributed by atoms with E-state index in [0.29, 0.717) is 10.8 Å². The predicted molar refractivity (Wildman–Crippen MR) is 120 cm³/mol. The van der Waals surface area contributed by atoms with Crippen LogP contribution in [0.1, 0.15) is 75.6 Å². The Morgan fingerprint density at radius 3 is 2.26 bits per heavy atom. The first-order valence-corrected chi connectivity index (χ1v) is 11.6. The van der Waals surface area contributed by atoms with Crippen LogP contribution in [0.3, 0.4) is 0 Å². The zero-order valence-corrected chi connectivity index (χ0v) is 18.6. The third-order valence-electron chi connectivity index (χ3n) is 8.52. The van der Waals surface area contributed by atoms with E-state index in [-0.39, 0.29) is 29.0 Å². The zero-order chi connectivity index (χ0) is 21.6. The summed E-state index contributed by atoms with van der Waals surface area (Å²) in [5.74, 6) is 0.835. The number of nitrogens with zero attached hydrogens (tertiary/aromatic N) is 2. The molecule has 1 aromatic heterocycles. The van der Waals surface area contributed by atoms with E-state index in [1.165, 1.54) is 55.8 Å². The van der Waals surface area contributed by atoms with Crippen molar-refractivity contribution in [3.8, 4) is 0 Å². The molecule has 4 atom stereocenters. The van der Waals surface area contributed by atoms with Crippen molar-refractivity contribution in [1.82, 2.24) is 19.7 Å². The van der Waals surface area contributed by atoms with Crippen molar-refractivity contribution in [1.29, 1.82) is 0 Å². The molecule has 0 spiro atoms. The molecule has 4 bridgehead atoms. The van der Waals surface area contributed by atoms with Crippen molar-refractivity contribution in [2.75, 3.05) is 0 Å². The zero-order valence-electron chi connectivity index (χ0n) is 18.6. The van der Waals surface area contributed by atoms with E-state index in [4.69, 9.17) is 0 Å². The summed E-state index contributed by atoms with van der Waals surface area (Å²) in [5.41, 5.74) is 2.69. The number of aromatic amines is 1. The molecule has 31 heavy (non-hydrogen) atoms. The van der Waals surface area contributed by atoms with Crippen molar-refractivity contribution < 1.29 is 0 Å². The number of hydrogen-bond donors (Lipinski definition) is 2. The van der Waals surface area contributed by atoms with E-state index in [1.807, 2.05) is 6.07 Å². The highest BCUT2D eigenvalue weighted by Gasteiger charge is 2.60. The van der Waals surface area contributed by atoms with Crippen LogP contribution in [0.4, 0.5) is 0 Å². The molecule has 5 aliphatic carbocycles. The van der Waals surface area contributed by atoms with Crippen LogP contribution in [0.2, 0.25) is 0 Å². The summed E-state index contributed by atoms with van der Waals surface area (Å²) >= 11 is 0. The van der Waals surface area contributed by atoms with E-state index in [0.717, 1.165) is 16.0 Å². The summed E-state index contributed by atoms with van der Waals surface area (Å²) in [4.78, 5) is 24.6. The van der Waals surface area contributed by atoms with E-state index in [2.05, 4.69) is 54.6 Å². The molecule has 6 nitrogen and oxygen atoms in total. The summed E-state index contributed by atoms with van der Waals surface area (Å²) in [6.45, 7) is 5.01. The van der Waals surface area contributed by atoms with Crippen molar-refractivity contribution in [3.63, 3.8) is 0 Å². The van der Waals surface area contributed by atoms with Gasteiger partial charge in [-0.3, -0.25) is 0 Å². The fraction of sp³-hybridized carbons (Fsp3) is 0.600. The van der Waals surface area contributed by atoms with Crippen LogP contribution in [-0.4, -0.2) is 19.9 Å². The average Bonchev–Trinajstić information content (AvgIpc) is 2.92. The van der Waals surface area contributed by atoms with Gasteiger partial charge in [-0.05, 0) is 66.4 Å². The van der Waals surface area contributed by atoms with E-state index in [9.17, 15) is 9.59 Å². The highest BCUT2D eigenvalue weighted by molar-refractivity contribution is 5.41. The summed E-state index contributed by atoms with van der Waals surface area (Å²) in [6, 6.07) is 8.17. The first-order chi connectivity index (χ1) is 14.7. The number of hydrogen-bond acceptors (Lipinski definition) is 3. The molecule has 7 rings (SSSR count). The van der Waals surface area contributed by atoms with Crippen LogP contribution in [-0.2, 0) is 7.05 Å². The third-order valence-corrected chi connectivity index (χ3v) is 8.52. The van der Waals surface area contributed by atoms with Crippen molar-refractivity contribution >= 4 is 0 Å². The van der Waals surface area contributed by atoms with Crippen molar-refractivity contribution in [2.24, 2.45) is 23.8 Å². The predicted octanol–water partition coefficient (Wildman–Crippen LogP) is 3.41. The number of allylic oxidation sites excluding steroid dienone is 1. The van der Waals surface area contributed by atoms with Gasteiger partial charge in [0.1, 0.15) is 0 Å². The summed E-state index contributed by atoms with van der Waals surface area (Å²) in [6.07, 6.45) is 12.2. The van der Waals surface area contributed by atoms with Gasteiger partial charge in [-0.1, -0.05) is 50.3 Å². The summed E-state index contributed by atoms with van der Waals surface area (Å²) < 4.78 is 2.57. The Hall–Kier alpha value is -2.34. The van der Waals surface area contributed by atoms with Gasteiger partial charge in [0, 0.05) is 12.6 Å². The van der Waals surface area contributed by atoms with Gasteiger partial charge in [0.25, 0.3) is 0 Å². The molecule has 0 amide bonds. The number of nitrogens with one attached hydrogen (secondary N) is 2. The Morgan fingerprint density at radius 2 is 1.65 bits per heavy atom. The second-order valence-electron chi connectivity index (χ2n) is 11.6. The number of fused-ring (bicyclic) bond motifs is 1. The van der Waals surface area contributed by atoms with E-state index >= 15 is 0 Å². The minimum atomic E-state index is -0.383. The minimum Gasteiger partial charge on any atom is -0.301 e. The molecule has 1 aromatic carbocycles. The van der Waals surface area contributed by atoms with Gasteiger partial charge in [0.2, 0.25) is 0 Å². The maximum Gasteiger partial charge on any atom is 0.347 e. The normalized spacial score (nSPS) is 40.3. The van der Waals surface area contributed by atoms with Gasteiger partial charge in [0.15, 0.2) is 0 Å². The molecule has 0 radical (unpaired) electrons. The molecule has 164 valence electrons. The summed E-state index contributed by atoms with van der Waals surface area (Å²) in [5, 5.41) is 6.84. The van der Waals surface area contributed by atoms with Gasteiger partial charge < -0.3 is 5.32 Å². The van der Waals surface area contributed by atoms with Gasteiger partial charge in [-0.2, -0.15) is 0 Å². The van der Waals surface area contributed by atoms with Crippen LogP contribution >= 0.6 is 0 Å². The number of H-pyrrole nitrogens is 1. The minimum absolute atomic E-state index is 0.127. The maximum atomic E-state index is 12.6. The van der Waals surface area contributed by atoms with E-state index in [1.54, 1.807) is 0 Å². The standard InChI is InChI=1S/C25H32N4O2/c1-23-10-16-11-24(2,13-23)15-25(12-16,14-23)26-19-8-9-20(18-7-5-4-6-17(18)19)29-22(31)28(3)21(30)27-29/h4-9,16,19-20,26H,10-15H2,1-3H3,(H,27,30)/t16?,19-,20+,23?,24?,25?/m0/s1. The number of aromatic nitrogens is 3. The number of benzene rings is 1. The highest BCUT2D eigenvalue weighted by atomic mass is 16.2. The molecule has 4 saturated carbocycles. The van der Waals surface area contributed by atoms with E-state index < -0.39 is 0 Å². The first kappa shape index (κ1) is 19.4. The van der Waals surface area contributed by atoms with Crippen LogP contribution in [0.15, 0.2) is 46.0 Å². The molecule has 2 N–H and O–H groups in total. The molecule has 4 fully saturated rings. The molecular formula is C25H32N4O2. The largest absolute Gasteiger partial charge is 0.347 e. The molecule has 5 aliphatic rings. The Morgan fingerprint density at radius 1 is 0.968 bits per heavy atom. The molecule has 2 unspecified atom stereocenters. The topological polar surface area (TPSA) is 71.8 Å². The lowest BCUT2D eigenvalue weighted by molar-refractivity contribution is -0.119. The average molecular weight is 421 g/mol. The smallest absolute Gasteiger partial charge is 0.301 e. The van der Waals surface area contributed by atoms with Crippen molar-refractivity contribution in [2.45, 2.75) is 70.0 Å². The molecule has 6 heteroatoms. The van der Waals surface area contributed by atoms with Crippen LogP contribution in [0, 0.1) is 16.7 Å². The second-order valence-corrected chi connectivity index (χ2v) is 11.6. The molecule has 1 heterocycles. The lowest BCUT2D eigenvalue weighted by Gasteiger charge is -2.66. The van der Waals surface area contributed by atoms with Gasteiger partial charge in [-0.25, -0.2) is 23.9 Å². The highest BCUT2D eigenvalue weighted by Crippen LogP contribution is 2.66. The Labute approximate surface area is 182 Å². The third kappa shape index (κ3) is 2.87. The lowest BCUT2D eigenvalue weighted by Crippen LogP contribution is -2.64. The van der Waals surface area contributed by atoms with Gasteiger partial charge >= 0.3 is 11.4 Å². The van der Waals surface area contributed by atoms with Crippen LogP contribution in [0.25, 0.3) is 0 Å². The number of rotatable bonds is 3. The molecule has 0 aliphatic heterocycles. The Bertz CT molecular complexity index is 1180. The van der Waals surface area contributed by atoms with Crippen LogP contribution < -0.4 is 16.7 Å². The quantitative estimate of drug-likeness (QED) is 0.748. The molecular weight excluding hydrogens is 388 g/mol. The fourth-order valence-electron chi connectivity index (χ4n) is 8.44. The first-order valence-electron chi connectivity index (χ1n) is 11.6. The van der Waals surface area contributed by atoms with Crippen molar-refractivity contribution in [3.05, 3.63) is 68.5 Å². The Balaban J connectivity index is 1.37. The second kappa shape index (κ2) is 6.12. The molecule has 2 aromatic rings. The molecule has 0 saturated heterocycles. The Kier molecular flexibility index (Phi) is 3.82. The van der Waals surface area contributed by atoms with Crippen LogP contribution in [0.5, 0.6) is 0 Å². The van der Waals surface area contributed by atoms with Gasteiger partial charge in [0.05, 0.1) is 12.1 Å². The maximum absolute atomic E-state index is 12.6. The fourth-order valence-corrected chi connectivity index (χ4v) is 8.44. The lowest BCUT2D eigenvalue weighted by atomic mass is 9.42. The monoisotopic (exact) mass is 420 g/mol. The SMILES string of the molecule is Cn1c(=O)[nH]n([C@@H]2C=C[C@H](NC34CC5CC(C)(CC(C)(C5)C3)C4)c3ccccc32)c1=O.